The van der Waals surface area contributed by atoms with Crippen LogP contribution in [0.4, 0.5) is 4.79 Å². The van der Waals surface area contributed by atoms with Crippen molar-refractivity contribution < 1.29 is 24.2 Å². The van der Waals surface area contributed by atoms with Crippen LogP contribution in [0.3, 0.4) is 0 Å². The Balaban J connectivity index is 1.24. The van der Waals surface area contributed by atoms with Crippen molar-refractivity contribution in [1.82, 2.24) is 10.6 Å². The van der Waals surface area contributed by atoms with Gasteiger partial charge in [0.15, 0.2) is 0 Å². The van der Waals surface area contributed by atoms with Gasteiger partial charge in [-0.05, 0) is 41.5 Å². The highest BCUT2D eigenvalue weighted by Crippen LogP contribution is 2.44. The van der Waals surface area contributed by atoms with Gasteiger partial charge in [-0.1, -0.05) is 55.0 Å². The Hall–Kier alpha value is -3.00. The number of hydrogen-bond donors (Lipinski definition) is 3. The van der Waals surface area contributed by atoms with Gasteiger partial charge in [0.1, 0.15) is 6.61 Å². The monoisotopic (exact) mass is 482 g/mol. The van der Waals surface area contributed by atoms with E-state index in [2.05, 4.69) is 34.9 Å². The molecule has 4 rings (SSSR count). The second kappa shape index (κ2) is 11.4. The van der Waals surface area contributed by atoms with Gasteiger partial charge in [0.2, 0.25) is 5.91 Å². The molecule has 2 atom stereocenters. The Bertz CT molecular complexity index is 998. The summed E-state index contributed by atoms with van der Waals surface area (Å²) in [5.74, 6) is -0.433. The van der Waals surface area contributed by atoms with Gasteiger partial charge in [-0.25, -0.2) is 4.79 Å². The molecule has 0 bridgehead atoms. The smallest absolute Gasteiger partial charge is 0.407 e. The van der Waals surface area contributed by atoms with Gasteiger partial charge in [-0.2, -0.15) is 0 Å². The number of carbonyl (C=O) groups is 3. The summed E-state index contributed by atoms with van der Waals surface area (Å²) in [7, 11) is 0. The van der Waals surface area contributed by atoms with E-state index in [-0.39, 0.29) is 36.1 Å². The van der Waals surface area contributed by atoms with Crippen LogP contribution in [-0.2, 0) is 14.3 Å². The van der Waals surface area contributed by atoms with Crippen molar-refractivity contribution in [3.8, 4) is 11.1 Å². The predicted octanol–water partition coefficient (Wildman–Crippen LogP) is 4.02. The fourth-order valence-corrected chi connectivity index (χ4v) is 5.48. The van der Waals surface area contributed by atoms with Crippen molar-refractivity contribution >= 4 is 29.7 Å². The van der Waals surface area contributed by atoms with Crippen LogP contribution in [0, 0.1) is 5.92 Å². The van der Waals surface area contributed by atoms with Crippen molar-refractivity contribution in [1.29, 1.82) is 0 Å². The lowest BCUT2D eigenvalue weighted by molar-refractivity contribution is -0.134. The summed E-state index contributed by atoms with van der Waals surface area (Å²) >= 11 is 1.28. The summed E-state index contributed by atoms with van der Waals surface area (Å²) < 4.78 is 5.65. The van der Waals surface area contributed by atoms with Gasteiger partial charge in [0, 0.05) is 30.2 Å². The van der Waals surface area contributed by atoms with Crippen molar-refractivity contribution in [3.05, 3.63) is 59.7 Å². The molecule has 8 heteroatoms. The largest absolute Gasteiger partial charge is 0.481 e. The van der Waals surface area contributed by atoms with E-state index in [1.807, 2.05) is 24.3 Å². The quantitative estimate of drug-likeness (QED) is 0.467. The number of benzene rings is 2. The maximum atomic E-state index is 12.6. The molecule has 1 saturated carbocycles. The maximum absolute atomic E-state index is 12.6. The van der Waals surface area contributed by atoms with E-state index in [0.29, 0.717) is 18.7 Å². The molecular weight excluding hydrogens is 452 g/mol. The number of thioether (sulfide) groups is 1. The number of alkyl carbamates (subject to hydrolysis) is 1. The molecule has 0 aromatic heterocycles. The molecule has 2 amide bonds. The van der Waals surface area contributed by atoms with Crippen LogP contribution < -0.4 is 10.6 Å². The first-order chi connectivity index (χ1) is 16.5. The third-order valence-electron chi connectivity index (χ3n) is 6.48. The first-order valence-electron chi connectivity index (χ1n) is 11.7. The third kappa shape index (κ3) is 5.91. The second-order valence-electron chi connectivity index (χ2n) is 8.77. The molecule has 180 valence electrons. The summed E-state index contributed by atoms with van der Waals surface area (Å²) in [6, 6.07) is 16.4. The maximum Gasteiger partial charge on any atom is 0.407 e. The number of carboxylic acid groups (broad SMARTS) is 1. The molecule has 2 aromatic rings. The molecule has 2 aliphatic carbocycles. The SMILES string of the molecule is O=C(O)CSCCNC(=O)[C@@H]1CCC[C@@H](NC(=O)OCC2c3ccccc3-c3ccccc32)C1. The van der Waals surface area contributed by atoms with Crippen LogP contribution in [-0.4, -0.2) is 53.8 Å². The van der Waals surface area contributed by atoms with E-state index in [1.165, 1.54) is 34.0 Å². The molecule has 7 nitrogen and oxygen atoms in total. The number of hydrogen-bond acceptors (Lipinski definition) is 5. The van der Waals surface area contributed by atoms with Crippen LogP contribution >= 0.6 is 11.8 Å². The number of fused-ring (bicyclic) bond motifs is 3. The lowest BCUT2D eigenvalue weighted by Crippen LogP contribution is -2.43. The molecule has 0 heterocycles. The molecule has 2 aliphatic rings. The Morgan fingerprint density at radius 3 is 2.35 bits per heavy atom. The van der Waals surface area contributed by atoms with Crippen LogP contribution in [0.15, 0.2) is 48.5 Å². The lowest BCUT2D eigenvalue weighted by Gasteiger charge is -2.29. The average Bonchev–Trinajstić information content (AvgIpc) is 3.16. The van der Waals surface area contributed by atoms with Gasteiger partial charge in [-0.15, -0.1) is 11.8 Å². The fourth-order valence-electron chi connectivity index (χ4n) is 4.92. The van der Waals surface area contributed by atoms with Gasteiger partial charge < -0.3 is 20.5 Å². The zero-order chi connectivity index (χ0) is 23.9. The first-order valence-corrected chi connectivity index (χ1v) is 12.9. The van der Waals surface area contributed by atoms with Crippen molar-refractivity contribution in [2.45, 2.75) is 37.6 Å². The number of carboxylic acids is 1. The van der Waals surface area contributed by atoms with Gasteiger partial charge in [0.05, 0.1) is 5.75 Å². The molecule has 0 radical (unpaired) electrons. The minimum atomic E-state index is -0.856. The molecule has 2 aromatic carbocycles. The van der Waals surface area contributed by atoms with Crippen LogP contribution in [0.5, 0.6) is 0 Å². The molecule has 34 heavy (non-hydrogen) atoms. The van der Waals surface area contributed by atoms with E-state index in [0.717, 1.165) is 19.3 Å². The predicted molar refractivity (Wildman–Crippen MR) is 132 cm³/mol. The molecule has 0 aliphatic heterocycles. The number of ether oxygens (including phenoxy) is 1. The average molecular weight is 483 g/mol. The summed E-state index contributed by atoms with van der Waals surface area (Å²) in [5, 5.41) is 14.5. The van der Waals surface area contributed by atoms with Crippen molar-refractivity contribution in [3.63, 3.8) is 0 Å². The Labute approximate surface area is 203 Å². The van der Waals surface area contributed by atoms with E-state index in [1.54, 1.807) is 0 Å². The molecular formula is C26H30N2O5S. The molecule has 0 saturated heterocycles. The minimum absolute atomic E-state index is 0.0158. The minimum Gasteiger partial charge on any atom is -0.481 e. The zero-order valence-electron chi connectivity index (χ0n) is 19.0. The molecule has 0 spiro atoms. The summed E-state index contributed by atoms with van der Waals surface area (Å²) in [6.07, 6.45) is 2.61. The number of aliphatic carboxylic acids is 1. The van der Waals surface area contributed by atoms with Crippen molar-refractivity contribution in [2.75, 3.05) is 24.7 Å². The van der Waals surface area contributed by atoms with Crippen molar-refractivity contribution in [2.24, 2.45) is 5.92 Å². The molecule has 3 N–H and O–H groups in total. The zero-order valence-corrected chi connectivity index (χ0v) is 19.8. The highest BCUT2D eigenvalue weighted by molar-refractivity contribution is 7.99. The van der Waals surface area contributed by atoms with Crippen LogP contribution in [0.1, 0.15) is 42.7 Å². The topological polar surface area (TPSA) is 105 Å². The van der Waals surface area contributed by atoms with Gasteiger partial charge in [0.25, 0.3) is 0 Å². The first kappa shape index (κ1) is 24.1. The van der Waals surface area contributed by atoms with E-state index in [9.17, 15) is 14.4 Å². The van der Waals surface area contributed by atoms with E-state index >= 15 is 0 Å². The normalized spacial score (nSPS) is 19.1. The lowest BCUT2D eigenvalue weighted by atomic mass is 9.85. The third-order valence-corrected chi connectivity index (χ3v) is 7.43. The molecule has 0 unspecified atom stereocenters. The molecule has 1 fully saturated rings. The summed E-state index contributed by atoms with van der Waals surface area (Å²) in [4.78, 5) is 35.6. The van der Waals surface area contributed by atoms with E-state index < -0.39 is 12.1 Å². The van der Waals surface area contributed by atoms with E-state index in [4.69, 9.17) is 9.84 Å². The highest BCUT2D eigenvalue weighted by atomic mass is 32.2. The Morgan fingerprint density at radius 1 is 1.00 bits per heavy atom. The summed E-state index contributed by atoms with van der Waals surface area (Å²) in [5.41, 5.74) is 4.73. The number of nitrogens with one attached hydrogen (secondary N) is 2. The Morgan fingerprint density at radius 2 is 1.68 bits per heavy atom. The number of carbonyl (C=O) groups excluding carboxylic acids is 2. The summed E-state index contributed by atoms with van der Waals surface area (Å²) in [6.45, 7) is 0.711. The number of amides is 2. The fraction of sp³-hybridized carbons (Fsp3) is 0.423. The standard InChI is InChI=1S/C26H30N2O5S/c29-24(30)16-34-13-12-27-25(31)17-6-5-7-18(14-17)28-26(32)33-15-23-21-10-3-1-8-19(21)20-9-2-4-11-22(20)23/h1-4,8-11,17-18,23H,5-7,12-16H2,(H,27,31)(H,28,32)(H,29,30)/t17-,18-/m1/s1. The van der Waals surface area contributed by atoms with Gasteiger partial charge in [-0.3, -0.25) is 9.59 Å². The number of rotatable bonds is 9. The highest BCUT2D eigenvalue weighted by Gasteiger charge is 2.31. The van der Waals surface area contributed by atoms with Crippen LogP contribution in [0.25, 0.3) is 11.1 Å². The van der Waals surface area contributed by atoms with Gasteiger partial charge >= 0.3 is 12.1 Å². The second-order valence-corrected chi connectivity index (χ2v) is 9.87. The Kier molecular flexibility index (Phi) is 8.11. The van der Waals surface area contributed by atoms with Crippen LogP contribution in [0.2, 0.25) is 0 Å².